The van der Waals surface area contributed by atoms with E-state index >= 15 is 0 Å². The molecule has 7 nitrogen and oxygen atoms in total. The third kappa shape index (κ3) is 5.47. The van der Waals surface area contributed by atoms with Crippen LogP contribution in [0, 0.1) is 6.92 Å². The molecule has 2 aromatic carbocycles. The van der Waals surface area contributed by atoms with Crippen molar-refractivity contribution in [3.8, 4) is 16.9 Å². The summed E-state index contributed by atoms with van der Waals surface area (Å²) in [6.45, 7) is 1.91. The van der Waals surface area contributed by atoms with Gasteiger partial charge in [-0.2, -0.15) is 0 Å². The molecule has 0 atom stereocenters. The molecule has 3 N–H and O–H groups in total. The zero-order chi connectivity index (χ0) is 27.7. The normalized spacial score (nSPS) is 11.2. The standard InChI is InChI=1S/C28H20ClF2N3O4S/c1-14-11-16(29)7-9-20(14)37-13-17-8-10-21(38-17)27(36)34-23-22-18(15-5-3-2-4-6-15)12-19(25(30)31)33-28(22)39-24(23)26(32)35/h2-12,25H,13H2,1H3,(H2,32,35)(H,34,36). The van der Waals surface area contributed by atoms with E-state index in [9.17, 15) is 18.4 Å². The van der Waals surface area contributed by atoms with Crippen LogP contribution in [0.4, 0.5) is 14.5 Å². The van der Waals surface area contributed by atoms with Crippen LogP contribution in [0.2, 0.25) is 5.02 Å². The highest BCUT2D eigenvalue weighted by Crippen LogP contribution is 2.42. The Morgan fingerprint density at radius 1 is 1.13 bits per heavy atom. The molecule has 0 fully saturated rings. The highest BCUT2D eigenvalue weighted by molar-refractivity contribution is 7.21. The van der Waals surface area contributed by atoms with E-state index in [1.165, 1.54) is 12.1 Å². The van der Waals surface area contributed by atoms with Gasteiger partial charge in [0.15, 0.2) is 5.76 Å². The van der Waals surface area contributed by atoms with Gasteiger partial charge in [-0.05, 0) is 60.0 Å². The monoisotopic (exact) mass is 567 g/mol. The van der Waals surface area contributed by atoms with Crippen LogP contribution in [-0.2, 0) is 6.61 Å². The molecule has 2 amide bonds. The third-order valence-corrected chi connectivity index (χ3v) is 7.18. The molecule has 0 radical (unpaired) electrons. The van der Waals surface area contributed by atoms with Crippen LogP contribution in [0.15, 0.2) is 71.1 Å². The second-order valence-corrected chi connectivity index (χ2v) is 9.97. The number of aromatic nitrogens is 1. The van der Waals surface area contributed by atoms with Crippen molar-refractivity contribution in [2.45, 2.75) is 20.0 Å². The SMILES string of the molecule is Cc1cc(Cl)ccc1OCc1ccc(C(=O)Nc2c(C(N)=O)sc3nc(C(F)F)cc(-c4ccccc4)c23)o1. The topological polar surface area (TPSA) is 107 Å². The van der Waals surface area contributed by atoms with Gasteiger partial charge in [0.25, 0.3) is 18.2 Å². The largest absolute Gasteiger partial charge is 0.485 e. The van der Waals surface area contributed by atoms with E-state index in [0.717, 1.165) is 16.9 Å². The first-order chi connectivity index (χ1) is 18.7. The van der Waals surface area contributed by atoms with Crippen molar-refractivity contribution in [1.82, 2.24) is 4.98 Å². The number of nitrogens with one attached hydrogen (secondary N) is 1. The summed E-state index contributed by atoms with van der Waals surface area (Å²) in [5.41, 5.74) is 7.04. The maximum absolute atomic E-state index is 13.7. The highest BCUT2D eigenvalue weighted by atomic mass is 35.5. The average molecular weight is 568 g/mol. The number of furan rings is 1. The Morgan fingerprint density at radius 3 is 2.59 bits per heavy atom. The van der Waals surface area contributed by atoms with Crippen molar-refractivity contribution in [3.63, 3.8) is 0 Å². The predicted octanol–water partition coefficient (Wildman–Crippen LogP) is 7.39. The van der Waals surface area contributed by atoms with Crippen molar-refractivity contribution < 1.29 is 27.5 Å². The van der Waals surface area contributed by atoms with Crippen molar-refractivity contribution in [1.29, 1.82) is 0 Å². The van der Waals surface area contributed by atoms with Gasteiger partial charge in [-0.25, -0.2) is 13.8 Å². The molecule has 3 aromatic heterocycles. The van der Waals surface area contributed by atoms with Crippen molar-refractivity contribution in [2.75, 3.05) is 5.32 Å². The molecule has 0 saturated carbocycles. The van der Waals surface area contributed by atoms with Gasteiger partial charge >= 0.3 is 0 Å². The van der Waals surface area contributed by atoms with E-state index in [1.54, 1.807) is 54.6 Å². The summed E-state index contributed by atoms with van der Waals surface area (Å²) in [5.74, 6) is -0.551. The minimum atomic E-state index is -2.84. The number of amides is 2. The first kappa shape index (κ1) is 26.3. The summed E-state index contributed by atoms with van der Waals surface area (Å²) in [5, 5.41) is 3.60. The number of carbonyl (C=O) groups excluding carboxylic acids is 2. The summed E-state index contributed by atoms with van der Waals surface area (Å²) < 4.78 is 38.7. The molecule has 198 valence electrons. The summed E-state index contributed by atoms with van der Waals surface area (Å²) in [7, 11) is 0. The fourth-order valence-electron chi connectivity index (χ4n) is 4.04. The van der Waals surface area contributed by atoms with Crippen LogP contribution < -0.4 is 15.8 Å². The Morgan fingerprint density at radius 2 is 1.90 bits per heavy atom. The van der Waals surface area contributed by atoms with Gasteiger partial charge < -0.3 is 20.2 Å². The molecule has 0 saturated heterocycles. The van der Waals surface area contributed by atoms with Gasteiger partial charge in [0.1, 0.15) is 33.5 Å². The Labute approximate surface area is 230 Å². The predicted molar refractivity (Wildman–Crippen MR) is 146 cm³/mol. The van der Waals surface area contributed by atoms with E-state index in [0.29, 0.717) is 33.0 Å². The van der Waals surface area contributed by atoms with Crippen molar-refractivity contribution in [2.24, 2.45) is 5.73 Å². The second kappa shape index (κ2) is 10.8. The van der Waals surface area contributed by atoms with Gasteiger partial charge in [-0.15, -0.1) is 11.3 Å². The number of primary amides is 1. The van der Waals surface area contributed by atoms with Crippen molar-refractivity contribution in [3.05, 3.63) is 99.4 Å². The lowest BCUT2D eigenvalue weighted by Crippen LogP contribution is -2.16. The fraction of sp³-hybridized carbons (Fsp3) is 0.107. The zero-order valence-electron chi connectivity index (χ0n) is 20.3. The van der Waals surface area contributed by atoms with E-state index < -0.39 is 23.9 Å². The van der Waals surface area contributed by atoms with Gasteiger partial charge in [0.2, 0.25) is 0 Å². The Bertz CT molecular complexity index is 1700. The van der Waals surface area contributed by atoms with Crippen LogP contribution in [0.25, 0.3) is 21.3 Å². The second-order valence-electron chi connectivity index (χ2n) is 8.53. The lowest BCUT2D eigenvalue weighted by atomic mass is 10.0. The van der Waals surface area contributed by atoms with Crippen LogP contribution in [-0.4, -0.2) is 16.8 Å². The highest BCUT2D eigenvalue weighted by Gasteiger charge is 2.26. The molecule has 3 heterocycles. The Kier molecular flexibility index (Phi) is 7.32. The summed E-state index contributed by atoms with van der Waals surface area (Å²) in [6, 6.07) is 18.3. The number of pyridine rings is 1. The number of fused-ring (bicyclic) bond motifs is 1. The van der Waals surface area contributed by atoms with E-state index in [2.05, 4.69) is 10.3 Å². The molecule has 39 heavy (non-hydrogen) atoms. The Balaban J connectivity index is 1.48. The lowest BCUT2D eigenvalue weighted by molar-refractivity contribution is 0.0992. The molecule has 0 unspecified atom stereocenters. The molecular formula is C28H20ClF2N3O4S. The number of carbonyl (C=O) groups is 2. The fourth-order valence-corrected chi connectivity index (χ4v) is 5.28. The number of ether oxygens (including phenoxy) is 1. The number of hydrogen-bond donors (Lipinski definition) is 2. The molecule has 0 bridgehead atoms. The zero-order valence-corrected chi connectivity index (χ0v) is 21.9. The molecule has 5 rings (SSSR count). The number of anilines is 1. The average Bonchev–Trinajstić information content (AvgIpc) is 3.53. The number of alkyl halides is 2. The third-order valence-electron chi connectivity index (χ3n) is 5.84. The van der Waals surface area contributed by atoms with E-state index in [4.69, 9.17) is 26.5 Å². The van der Waals surface area contributed by atoms with Crippen LogP contribution in [0.3, 0.4) is 0 Å². The molecule has 11 heteroatoms. The molecule has 0 aliphatic carbocycles. The van der Waals surface area contributed by atoms with Crippen LogP contribution in [0.1, 0.15) is 43.7 Å². The number of nitrogens with zero attached hydrogens (tertiary/aromatic N) is 1. The first-order valence-electron chi connectivity index (χ1n) is 11.6. The quantitative estimate of drug-likeness (QED) is 0.203. The molecule has 0 aliphatic heterocycles. The lowest BCUT2D eigenvalue weighted by Gasteiger charge is -2.10. The number of aryl methyl sites for hydroxylation is 1. The number of rotatable bonds is 8. The number of hydrogen-bond acceptors (Lipinski definition) is 6. The van der Waals surface area contributed by atoms with Gasteiger partial charge in [0.05, 0.1) is 5.69 Å². The summed E-state index contributed by atoms with van der Waals surface area (Å²) >= 11 is 6.81. The molecule has 0 aliphatic rings. The number of halogens is 3. The van der Waals surface area contributed by atoms with Gasteiger partial charge in [-0.1, -0.05) is 41.9 Å². The maximum Gasteiger partial charge on any atom is 0.291 e. The first-order valence-corrected chi connectivity index (χ1v) is 12.8. The molecule has 0 spiro atoms. The summed E-state index contributed by atoms with van der Waals surface area (Å²) in [6.07, 6.45) is -2.84. The molecule has 5 aromatic rings. The van der Waals surface area contributed by atoms with Gasteiger partial charge in [-0.3, -0.25) is 9.59 Å². The smallest absolute Gasteiger partial charge is 0.291 e. The van der Waals surface area contributed by atoms with Gasteiger partial charge in [0, 0.05) is 10.4 Å². The maximum atomic E-state index is 13.7. The minimum absolute atomic E-state index is 0.0252. The number of thiophene rings is 1. The number of benzene rings is 2. The van der Waals surface area contributed by atoms with Crippen LogP contribution >= 0.6 is 22.9 Å². The van der Waals surface area contributed by atoms with Crippen molar-refractivity contribution >= 4 is 50.7 Å². The molecular weight excluding hydrogens is 548 g/mol. The van der Waals surface area contributed by atoms with E-state index in [1.807, 2.05) is 6.92 Å². The number of nitrogens with two attached hydrogens (primary N) is 1. The van der Waals surface area contributed by atoms with E-state index in [-0.39, 0.29) is 27.8 Å². The minimum Gasteiger partial charge on any atom is -0.485 e. The Hall–Kier alpha value is -4.28. The van der Waals surface area contributed by atoms with Crippen LogP contribution in [0.5, 0.6) is 5.75 Å². The summed E-state index contributed by atoms with van der Waals surface area (Å²) in [4.78, 5) is 29.6.